The molecule has 0 aliphatic heterocycles. The number of nitrogens with one attached hydrogen (secondary N) is 1. The second-order valence-corrected chi connectivity index (χ2v) is 5.41. The highest BCUT2D eigenvalue weighted by molar-refractivity contribution is 6.45. The average molecular weight is 333 g/mol. The molecule has 0 amide bonds. The summed E-state index contributed by atoms with van der Waals surface area (Å²) < 4.78 is 0. The first-order valence-corrected chi connectivity index (χ1v) is 7.15. The molecule has 1 heterocycles. The van der Waals surface area contributed by atoms with Gasteiger partial charge in [0.05, 0.1) is 21.1 Å². The van der Waals surface area contributed by atoms with E-state index in [2.05, 4.69) is 10.3 Å². The number of rotatable bonds is 3. The number of fused-ring (bicyclic) bond motifs is 1. The molecule has 2 aromatic carbocycles. The molecule has 0 unspecified atom stereocenters. The Labute approximate surface area is 136 Å². The Balaban J connectivity index is 2.06. The van der Waals surface area contributed by atoms with Gasteiger partial charge in [-0.25, -0.2) is 4.79 Å². The first-order chi connectivity index (χ1) is 10.6. The molecule has 22 heavy (non-hydrogen) atoms. The van der Waals surface area contributed by atoms with Crippen LogP contribution < -0.4 is 5.32 Å². The van der Waals surface area contributed by atoms with Crippen LogP contribution in [-0.4, -0.2) is 16.1 Å². The largest absolute Gasteiger partial charge is 0.478 e. The van der Waals surface area contributed by atoms with Crippen molar-refractivity contribution in [2.45, 2.75) is 0 Å². The van der Waals surface area contributed by atoms with Crippen LogP contribution in [0.4, 0.5) is 11.4 Å². The van der Waals surface area contributed by atoms with E-state index in [0.29, 0.717) is 21.2 Å². The molecule has 0 fully saturated rings. The minimum atomic E-state index is -0.974. The van der Waals surface area contributed by atoms with Crippen molar-refractivity contribution in [1.82, 2.24) is 4.98 Å². The van der Waals surface area contributed by atoms with Crippen LogP contribution in [0, 0.1) is 0 Å². The molecular formula is C16H10Cl2N2O2. The molecule has 4 nitrogen and oxygen atoms in total. The fraction of sp³-hybridized carbons (Fsp3) is 0. The summed E-state index contributed by atoms with van der Waals surface area (Å²) in [5, 5.41) is 13.9. The van der Waals surface area contributed by atoms with Gasteiger partial charge in [-0.05, 0) is 36.4 Å². The third kappa shape index (κ3) is 2.71. The number of carboxylic acids is 1. The summed E-state index contributed by atoms with van der Waals surface area (Å²) in [6, 6.07) is 11.9. The van der Waals surface area contributed by atoms with Gasteiger partial charge in [-0.3, -0.25) is 4.98 Å². The maximum atomic E-state index is 11.0. The molecule has 6 heteroatoms. The topological polar surface area (TPSA) is 62.2 Å². The number of pyridine rings is 1. The van der Waals surface area contributed by atoms with Crippen LogP contribution in [-0.2, 0) is 0 Å². The molecule has 3 rings (SSSR count). The number of anilines is 2. The van der Waals surface area contributed by atoms with E-state index >= 15 is 0 Å². The molecule has 0 bridgehead atoms. The van der Waals surface area contributed by atoms with Gasteiger partial charge >= 0.3 is 5.97 Å². The second-order valence-electron chi connectivity index (χ2n) is 4.63. The Hall–Kier alpha value is -2.30. The molecule has 2 N–H and O–H groups in total. The SMILES string of the molecule is O=C(O)c1cccc(Nc2ccnc3c(Cl)c(Cl)ccc23)c1. The summed E-state index contributed by atoms with van der Waals surface area (Å²) in [7, 11) is 0. The predicted octanol–water partition coefficient (Wildman–Crippen LogP) is 4.98. The van der Waals surface area contributed by atoms with Gasteiger partial charge in [-0.1, -0.05) is 29.3 Å². The fourth-order valence-electron chi connectivity index (χ4n) is 2.15. The van der Waals surface area contributed by atoms with Gasteiger partial charge in [0.25, 0.3) is 0 Å². The lowest BCUT2D eigenvalue weighted by Gasteiger charge is -2.11. The molecule has 0 aliphatic rings. The molecule has 0 saturated carbocycles. The Bertz CT molecular complexity index is 881. The first kappa shape index (κ1) is 14.6. The van der Waals surface area contributed by atoms with E-state index in [-0.39, 0.29) is 5.56 Å². The lowest BCUT2D eigenvalue weighted by Crippen LogP contribution is -1.98. The van der Waals surface area contributed by atoms with E-state index in [0.717, 1.165) is 11.1 Å². The number of nitrogens with zero attached hydrogens (tertiary/aromatic N) is 1. The predicted molar refractivity (Wildman–Crippen MR) is 88.4 cm³/mol. The van der Waals surface area contributed by atoms with E-state index < -0.39 is 5.97 Å². The number of hydrogen-bond acceptors (Lipinski definition) is 3. The Morgan fingerprint density at radius 2 is 1.95 bits per heavy atom. The van der Waals surface area contributed by atoms with Crippen molar-refractivity contribution in [3.8, 4) is 0 Å². The summed E-state index contributed by atoms with van der Waals surface area (Å²) in [5.74, 6) is -0.974. The highest BCUT2D eigenvalue weighted by Gasteiger charge is 2.09. The number of aromatic carboxylic acids is 1. The Morgan fingerprint density at radius 3 is 2.73 bits per heavy atom. The van der Waals surface area contributed by atoms with Crippen molar-refractivity contribution < 1.29 is 9.90 Å². The van der Waals surface area contributed by atoms with Crippen molar-refractivity contribution in [1.29, 1.82) is 0 Å². The number of carbonyl (C=O) groups is 1. The number of carboxylic acid groups (broad SMARTS) is 1. The van der Waals surface area contributed by atoms with Gasteiger partial charge in [0, 0.05) is 23.0 Å². The number of hydrogen-bond donors (Lipinski definition) is 2. The van der Waals surface area contributed by atoms with Gasteiger partial charge < -0.3 is 10.4 Å². The summed E-state index contributed by atoms with van der Waals surface area (Å²) in [6.45, 7) is 0. The molecule has 0 atom stereocenters. The Morgan fingerprint density at radius 1 is 1.14 bits per heavy atom. The van der Waals surface area contributed by atoms with Gasteiger partial charge in [-0.15, -0.1) is 0 Å². The van der Waals surface area contributed by atoms with Gasteiger partial charge in [0.1, 0.15) is 0 Å². The van der Waals surface area contributed by atoms with Crippen LogP contribution in [0.3, 0.4) is 0 Å². The average Bonchev–Trinajstić information content (AvgIpc) is 2.52. The van der Waals surface area contributed by atoms with Crippen LogP contribution in [0.25, 0.3) is 10.9 Å². The van der Waals surface area contributed by atoms with Gasteiger partial charge in [-0.2, -0.15) is 0 Å². The summed E-state index contributed by atoms with van der Waals surface area (Å²) >= 11 is 12.2. The molecule has 0 radical (unpaired) electrons. The zero-order valence-electron chi connectivity index (χ0n) is 11.2. The van der Waals surface area contributed by atoms with Crippen LogP contribution in [0.5, 0.6) is 0 Å². The van der Waals surface area contributed by atoms with Crippen LogP contribution >= 0.6 is 23.2 Å². The standard InChI is InChI=1S/C16H10Cl2N2O2/c17-12-5-4-11-13(6-7-19-15(11)14(12)18)20-10-3-1-2-9(8-10)16(21)22/h1-8H,(H,19,20)(H,21,22). The molecule has 1 aromatic heterocycles. The van der Waals surface area contributed by atoms with Gasteiger partial charge in [0.2, 0.25) is 0 Å². The van der Waals surface area contributed by atoms with Crippen molar-refractivity contribution in [2.75, 3.05) is 5.32 Å². The normalized spacial score (nSPS) is 10.6. The van der Waals surface area contributed by atoms with E-state index in [1.807, 2.05) is 6.07 Å². The molecule has 3 aromatic rings. The van der Waals surface area contributed by atoms with Gasteiger partial charge in [0.15, 0.2) is 0 Å². The highest BCUT2D eigenvalue weighted by Crippen LogP contribution is 2.33. The minimum absolute atomic E-state index is 0.212. The van der Waals surface area contributed by atoms with Crippen molar-refractivity contribution >= 4 is 51.4 Å². The van der Waals surface area contributed by atoms with Crippen molar-refractivity contribution in [3.63, 3.8) is 0 Å². The molecule has 110 valence electrons. The highest BCUT2D eigenvalue weighted by atomic mass is 35.5. The third-order valence-electron chi connectivity index (χ3n) is 3.19. The van der Waals surface area contributed by atoms with Crippen LogP contribution in [0.1, 0.15) is 10.4 Å². The van der Waals surface area contributed by atoms with Crippen molar-refractivity contribution in [2.24, 2.45) is 0 Å². The molecule has 0 saturated heterocycles. The summed E-state index contributed by atoms with van der Waals surface area (Å²) in [6.07, 6.45) is 1.62. The van der Waals surface area contributed by atoms with Crippen molar-refractivity contribution in [3.05, 3.63) is 64.3 Å². The zero-order chi connectivity index (χ0) is 15.7. The summed E-state index contributed by atoms with van der Waals surface area (Å²) in [4.78, 5) is 15.3. The van der Waals surface area contributed by atoms with Crippen LogP contribution in [0.15, 0.2) is 48.7 Å². The maximum Gasteiger partial charge on any atom is 0.335 e. The lowest BCUT2D eigenvalue weighted by molar-refractivity contribution is 0.0697. The Kier molecular flexibility index (Phi) is 3.88. The van der Waals surface area contributed by atoms with Crippen LogP contribution in [0.2, 0.25) is 10.0 Å². The molecule has 0 aliphatic carbocycles. The lowest BCUT2D eigenvalue weighted by atomic mass is 10.1. The number of benzene rings is 2. The first-order valence-electron chi connectivity index (χ1n) is 6.39. The van der Waals surface area contributed by atoms with E-state index in [9.17, 15) is 4.79 Å². The third-order valence-corrected chi connectivity index (χ3v) is 3.99. The quantitative estimate of drug-likeness (QED) is 0.709. The number of halogens is 2. The number of aromatic nitrogens is 1. The second kappa shape index (κ2) is 5.83. The molecular weight excluding hydrogens is 323 g/mol. The molecule has 0 spiro atoms. The summed E-state index contributed by atoms with van der Waals surface area (Å²) in [5.41, 5.74) is 2.24. The fourth-order valence-corrected chi connectivity index (χ4v) is 2.52. The van der Waals surface area contributed by atoms with E-state index in [1.165, 1.54) is 6.07 Å². The zero-order valence-corrected chi connectivity index (χ0v) is 12.7. The van der Waals surface area contributed by atoms with E-state index in [1.54, 1.807) is 36.5 Å². The van der Waals surface area contributed by atoms with E-state index in [4.69, 9.17) is 28.3 Å². The monoisotopic (exact) mass is 332 g/mol. The maximum absolute atomic E-state index is 11.0. The smallest absolute Gasteiger partial charge is 0.335 e. The minimum Gasteiger partial charge on any atom is -0.478 e.